The van der Waals surface area contributed by atoms with E-state index in [1.807, 2.05) is 30.3 Å². The van der Waals surface area contributed by atoms with Gasteiger partial charge < -0.3 is 44.5 Å². The van der Waals surface area contributed by atoms with Crippen LogP contribution >= 0.6 is 0 Å². The number of hydrogen-bond donors (Lipinski definition) is 6. The molecule has 30 heavy (non-hydrogen) atoms. The van der Waals surface area contributed by atoms with E-state index in [1.165, 1.54) is 20.5 Å². The highest BCUT2D eigenvalue weighted by atomic mass is 16.7. The van der Waals surface area contributed by atoms with Gasteiger partial charge in [0, 0.05) is 20.1 Å². The number of benzene rings is 1. The van der Waals surface area contributed by atoms with Crippen molar-refractivity contribution < 1.29 is 44.5 Å². The van der Waals surface area contributed by atoms with Gasteiger partial charge in [0.05, 0.1) is 18.8 Å². The molecular weight excluding hydrogens is 398 g/mol. The Balaban J connectivity index is 1.61. The maximum atomic E-state index is 10.4. The van der Waals surface area contributed by atoms with Gasteiger partial charge in [-0.1, -0.05) is 30.3 Å². The van der Waals surface area contributed by atoms with Crippen LogP contribution in [0.25, 0.3) is 0 Å². The smallest absolute Gasteiger partial charge is 0.257 e. The van der Waals surface area contributed by atoms with Crippen LogP contribution in [-0.4, -0.2) is 94.1 Å². The predicted molar refractivity (Wildman–Crippen MR) is 103 cm³/mol. The van der Waals surface area contributed by atoms with Crippen LogP contribution in [0.5, 0.6) is 0 Å². The summed E-state index contributed by atoms with van der Waals surface area (Å²) in [6.45, 7) is 1.56. The van der Waals surface area contributed by atoms with Gasteiger partial charge in [0.15, 0.2) is 12.4 Å². The molecule has 1 aromatic carbocycles. The van der Waals surface area contributed by atoms with Crippen LogP contribution in [0.1, 0.15) is 12.5 Å². The Bertz CT molecular complexity index is 663. The lowest BCUT2D eigenvalue weighted by molar-refractivity contribution is -0.279. The molecule has 6 N–H and O–H groups in total. The highest BCUT2D eigenvalue weighted by Crippen LogP contribution is 2.32. The first kappa shape index (κ1) is 23.5. The molecule has 9 atom stereocenters. The molecule has 2 aliphatic rings. The van der Waals surface area contributed by atoms with E-state index < -0.39 is 54.9 Å². The summed E-state index contributed by atoms with van der Waals surface area (Å²) in [4.78, 5) is 0. The lowest BCUT2D eigenvalue weighted by atomic mass is 10.0. The van der Waals surface area contributed by atoms with Crippen molar-refractivity contribution in [2.24, 2.45) is 0 Å². The maximum Gasteiger partial charge on any atom is 0.257 e. The van der Waals surface area contributed by atoms with Gasteiger partial charge >= 0.3 is 0 Å². The molecule has 2 fully saturated rings. The maximum absolute atomic E-state index is 10.4. The van der Waals surface area contributed by atoms with E-state index in [-0.39, 0.29) is 13.2 Å². The molecule has 0 aliphatic carbocycles. The van der Waals surface area contributed by atoms with E-state index in [4.69, 9.17) is 18.9 Å². The predicted octanol–water partition coefficient (Wildman–Crippen LogP) is -1.75. The fourth-order valence-electron chi connectivity index (χ4n) is 3.57. The molecule has 3 rings (SSSR count). The van der Waals surface area contributed by atoms with Gasteiger partial charge in [-0.25, -0.2) is 0 Å². The molecular formula is C20H30NO9. The van der Waals surface area contributed by atoms with Gasteiger partial charge in [0.25, 0.3) is 5.91 Å². The molecule has 0 amide bonds. The number of aliphatic hydroxyl groups excluding tert-OH is 5. The van der Waals surface area contributed by atoms with Crippen LogP contribution in [0.2, 0.25) is 0 Å². The van der Waals surface area contributed by atoms with Crippen molar-refractivity contribution in [1.29, 1.82) is 0 Å². The van der Waals surface area contributed by atoms with E-state index in [9.17, 15) is 25.5 Å². The average molecular weight is 428 g/mol. The highest BCUT2D eigenvalue weighted by Gasteiger charge is 2.56. The zero-order valence-corrected chi connectivity index (χ0v) is 16.9. The fraction of sp³-hybridized carbons (Fsp3) is 0.650. The molecule has 0 spiro atoms. The summed E-state index contributed by atoms with van der Waals surface area (Å²) in [5, 5.41) is 53.5. The number of methoxy groups -OCH3 is 1. The molecule has 2 aliphatic heterocycles. The van der Waals surface area contributed by atoms with Crippen molar-refractivity contribution in [3.63, 3.8) is 0 Å². The van der Waals surface area contributed by atoms with Crippen LogP contribution in [0.15, 0.2) is 30.3 Å². The van der Waals surface area contributed by atoms with E-state index in [1.54, 1.807) is 0 Å². The highest BCUT2D eigenvalue weighted by molar-refractivity contribution is 5.13. The van der Waals surface area contributed by atoms with Crippen LogP contribution in [-0.2, 0) is 25.6 Å². The summed E-state index contributed by atoms with van der Waals surface area (Å²) < 4.78 is 22.2. The lowest BCUT2D eigenvalue weighted by Crippen LogP contribution is -2.61. The lowest BCUT2D eigenvalue weighted by Gasteiger charge is -2.39. The summed E-state index contributed by atoms with van der Waals surface area (Å²) in [5.41, 5.74) is 0.920. The van der Waals surface area contributed by atoms with Crippen LogP contribution in [0.4, 0.5) is 0 Å². The Hall–Kier alpha value is -1.18. The van der Waals surface area contributed by atoms with E-state index in [0.717, 1.165) is 5.56 Å². The Morgan fingerprint density at radius 1 is 1.13 bits per heavy atom. The topological polar surface area (TPSA) is 150 Å². The minimum atomic E-state index is -1.82. The molecule has 0 aromatic heterocycles. The van der Waals surface area contributed by atoms with Crippen molar-refractivity contribution in [3.8, 4) is 0 Å². The molecule has 0 unspecified atom stereocenters. The largest absolute Gasteiger partial charge is 0.391 e. The van der Waals surface area contributed by atoms with Crippen LogP contribution in [0, 0.1) is 6.42 Å². The van der Waals surface area contributed by atoms with Gasteiger partial charge in [-0.05, 0) is 12.5 Å². The molecule has 1 radical (unpaired) electrons. The number of rotatable bonds is 8. The quantitative estimate of drug-likeness (QED) is 0.263. The number of ether oxygens (including phenoxy) is 4. The molecule has 0 saturated carbocycles. The van der Waals surface area contributed by atoms with Crippen molar-refractivity contribution in [2.75, 3.05) is 13.7 Å². The Morgan fingerprint density at radius 3 is 2.43 bits per heavy atom. The van der Waals surface area contributed by atoms with Crippen LogP contribution < -0.4 is 5.32 Å². The van der Waals surface area contributed by atoms with Gasteiger partial charge in [0.1, 0.15) is 24.4 Å². The normalized spacial score (nSPS) is 40.4. The summed E-state index contributed by atoms with van der Waals surface area (Å²) in [7, 11) is 1.26. The Kier molecular flexibility index (Phi) is 7.80. The second-order valence-corrected chi connectivity index (χ2v) is 7.52. The van der Waals surface area contributed by atoms with Gasteiger partial charge in [-0.2, -0.15) is 0 Å². The zero-order chi connectivity index (χ0) is 21.9. The molecule has 10 heteroatoms. The van der Waals surface area contributed by atoms with E-state index >= 15 is 0 Å². The van der Waals surface area contributed by atoms with Gasteiger partial charge in [0.2, 0.25) is 0 Å². The monoisotopic (exact) mass is 428 g/mol. The first-order valence-electron chi connectivity index (χ1n) is 9.81. The van der Waals surface area contributed by atoms with Gasteiger partial charge in [-0.3, -0.25) is 5.32 Å². The Labute approximate surface area is 175 Å². The number of hydrogen-bond acceptors (Lipinski definition) is 10. The van der Waals surface area contributed by atoms with Crippen molar-refractivity contribution in [1.82, 2.24) is 5.32 Å². The first-order valence-corrected chi connectivity index (χ1v) is 9.81. The molecule has 2 heterocycles. The standard InChI is InChI=1S/C20H30NO9/c1-11(22)18-17(25)19(26)20(27-2,30-18)21-9-14-16(24)13(23)8-15(29-14)28-10-12-6-4-3-5-7-12/h3-8,11,13-19,21-26H,9-10H2,1-2H3/t11-,13-,14-,15+,16+,17+,18-,19-,20-/m1/s1. The van der Waals surface area contributed by atoms with E-state index in [2.05, 4.69) is 5.32 Å². The molecule has 0 bridgehead atoms. The molecule has 10 nitrogen and oxygen atoms in total. The first-order chi connectivity index (χ1) is 14.3. The number of nitrogens with one attached hydrogen (secondary N) is 1. The van der Waals surface area contributed by atoms with Crippen molar-refractivity contribution in [2.45, 2.75) is 68.5 Å². The summed E-state index contributed by atoms with van der Waals surface area (Å²) in [6.07, 6.45) is -7.96. The SMILES string of the molecule is CO[C@@]1(NC[C@H]2O[C@H](OCc3ccccc3)[CH][C@@H](O)[C@@H]2O)O[C@H]([C@@H](C)O)[C@H](O)[C@H]1O. The molecule has 1 aromatic rings. The van der Waals surface area contributed by atoms with Gasteiger partial charge in [-0.15, -0.1) is 0 Å². The Morgan fingerprint density at radius 2 is 1.83 bits per heavy atom. The van der Waals surface area contributed by atoms with Crippen molar-refractivity contribution in [3.05, 3.63) is 42.3 Å². The summed E-state index contributed by atoms with van der Waals surface area (Å²) >= 11 is 0. The average Bonchev–Trinajstić information content (AvgIpc) is 3.00. The minimum absolute atomic E-state index is 0.110. The number of aliphatic hydroxyl groups is 5. The minimum Gasteiger partial charge on any atom is -0.391 e. The van der Waals surface area contributed by atoms with Crippen LogP contribution in [0.3, 0.4) is 0 Å². The second-order valence-electron chi connectivity index (χ2n) is 7.52. The third kappa shape index (κ3) is 5.00. The summed E-state index contributed by atoms with van der Waals surface area (Å²) in [6, 6.07) is 9.41. The molecule has 2 saturated heterocycles. The van der Waals surface area contributed by atoms with E-state index in [0.29, 0.717) is 0 Å². The third-order valence-electron chi connectivity index (χ3n) is 5.34. The van der Waals surface area contributed by atoms with Crippen molar-refractivity contribution >= 4 is 0 Å². The summed E-state index contributed by atoms with van der Waals surface area (Å²) in [5.74, 6) is -1.82. The second kappa shape index (κ2) is 9.96. The fourth-order valence-corrected chi connectivity index (χ4v) is 3.57. The third-order valence-corrected chi connectivity index (χ3v) is 5.34. The molecule has 169 valence electrons. The zero-order valence-electron chi connectivity index (χ0n) is 16.9.